The minimum Gasteiger partial charge on any atom is -0.445 e. The number of ether oxygens (including phenoxy) is 1. The maximum Gasteiger partial charge on any atom is 0.409 e. The third-order valence-corrected chi connectivity index (χ3v) is 3.43. The first-order valence-electron chi connectivity index (χ1n) is 5.78. The second-order valence-corrected chi connectivity index (χ2v) is 7.25. The van der Waals surface area contributed by atoms with Gasteiger partial charge in [-0.25, -0.2) is 4.79 Å². The van der Waals surface area contributed by atoms with E-state index in [4.69, 9.17) is 39.5 Å². The molecule has 1 saturated heterocycles. The van der Waals surface area contributed by atoms with Crippen LogP contribution in [0.1, 0.15) is 26.7 Å². The fourth-order valence-electron chi connectivity index (χ4n) is 1.98. The molecule has 0 aromatic rings. The molecule has 0 aromatic carbocycles. The Morgan fingerprint density at radius 3 is 2.29 bits per heavy atom. The Kier molecular flexibility index (Phi) is 5.68. The van der Waals surface area contributed by atoms with Gasteiger partial charge < -0.3 is 9.64 Å². The van der Waals surface area contributed by atoms with Gasteiger partial charge in [-0.05, 0) is 24.7 Å². The van der Waals surface area contributed by atoms with E-state index >= 15 is 0 Å². The molecule has 1 aliphatic rings. The van der Waals surface area contributed by atoms with E-state index in [2.05, 4.69) is 13.8 Å². The molecule has 0 atom stereocenters. The van der Waals surface area contributed by atoms with Crippen LogP contribution in [0.2, 0.25) is 0 Å². The monoisotopic (exact) mass is 301 g/mol. The molecular weight excluding hydrogens is 284 g/mol. The molecule has 0 N–H and O–H groups in total. The van der Waals surface area contributed by atoms with Crippen molar-refractivity contribution in [1.29, 1.82) is 0 Å². The van der Waals surface area contributed by atoms with E-state index in [1.807, 2.05) is 0 Å². The summed E-state index contributed by atoms with van der Waals surface area (Å²) in [5.41, 5.74) is 0. The molecular formula is C11H18Cl3NO2. The fourth-order valence-corrected chi connectivity index (χ4v) is 2.15. The number of likely N-dealkylation sites (tertiary alicyclic amines) is 1. The Bertz CT molecular complexity index is 258. The summed E-state index contributed by atoms with van der Waals surface area (Å²) in [6, 6.07) is 0. The van der Waals surface area contributed by atoms with Gasteiger partial charge >= 0.3 is 6.09 Å². The van der Waals surface area contributed by atoms with Crippen LogP contribution in [0.5, 0.6) is 0 Å². The van der Waals surface area contributed by atoms with Gasteiger partial charge in [-0.15, -0.1) is 0 Å². The van der Waals surface area contributed by atoms with E-state index in [9.17, 15) is 4.79 Å². The number of halogens is 3. The number of rotatable bonds is 2. The summed E-state index contributed by atoms with van der Waals surface area (Å²) >= 11 is 16.5. The Hall–Kier alpha value is 0.140. The van der Waals surface area contributed by atoms with Crippen molar-refractivity contribution >= 4 is 40.9 Å². The van der Waals surface area contributed by atoms with E-state index in [1.54, 1.807) is 4.90 Å². The molecule has 0 bridgehead atoms. The zero-order valence-electron chi connectivity index (χ0n) is 10.1. The van der Waals surface area contributed by atoms with Gasteiger partial charge in [-0.2, -0.15) is 0 Å². The van der Waals surface area contributed by atoms with Crippen LogP contribution in [0.4, 0.5) is 4.79 Å². The molecule has 1 rings (SSSR count). The molecule has 1 fully saturated rings. The normalized spacial score (nSPS) is 18.6. The highest BCUT2D eigenvalue weighted by Gasteiger charge is 2.28. The van der Waals surface area contributed by atoms with Gasteiger partial charge in [0.05, 0.1) is 0 Å². The first-order valence-corrected chi connectivity index (χ1v) is 6.91. The first kappa shape index (κ1) is 15.2. The van der Waals surface area contributed by atoms with Crippen molar-refractivity contribution in [2.75, 3.05) is 19.7 Å². The quantitative estimate of drug-likeness (QED) is 0.725. The number of hydrogen-bond donors (Lipinski definition) is 0. The average Bonchev–Trinajstić information content (AvgIpc) is 2.25. The molecule has 100 valence electrons. The van der Waals surface area contributed by atoms with Crippen LogP contribution in [-0.2, 0) is 4.74 Å². The van der Waals surface area contributed by atoms with Crippen LogP contribution >= 0.6 is 34.8 Å². The summed E-state index contributed by atoms with van der Waals surface area (Å²) in [5.74, 6) is 1.35. The molecule has 1 aliphatic heterocycles. The van der Waals surface area contributed by atoms with Crippen molar-refractivity contribution in [1.82, 2.24) is 4.90 Å². The number of carbonyl (C=O) groups is 1. The van der Waals surface area contributed by atoms with Crippen molar-refractivity contribution in [3.8, 4) is 0 Å². The SMILES string of the molecule is CC(C)C1CCN(C(=O)OCC(Cl)(Cl)Cl)CC1. The van der Waals surface area contributed by atoms with Crippen LogP contribution in [0.25, 0.3) is 0 Å². The number of hydrogen-bond acceptors (Lipinski definition) is 2. The Morgan fingerprint density at radius 2 is 1.88 bits per heavy atom. The number of amides is 1. The molecule has 3 nitrogen and oxygen atoms in total. The predicted molar refractivity (Wildman–Crippen MR) is 70.8 cm³/mol. The Morgan fingerprint density at radius 1 is 1.35 bits per heavy atom. The number of alkyl halides is 3. The van der Waals surface area contributed by atoms with Crippen LogP contribution in [-0.4, -0.2) is 34.5 Å². The first-order chi connectivity index (χ1) is 7.79. The van der Waals surface area contributed by atoms with Crippen LogP contribution in [0, 0.1) is 11.8 Å². The smallest absolute Gasteiger partial charge is 0.409 e. The number of piperidine rings is 1. The molecule has 1 heterocycles. The van der Waals surface area contributed by atoms with E-state index < -0.39 is 9.89 Å². The maximum atomic E-state index is 11.6. The third-order valence-electron chi connectivity index (χ3n) is 3.10. The van der Waals surface area contributed by atoms with Gasteiger partial charge in [0.1, 0.15) is 6.61 Å². The van der Waals surface area contributed by atoms with Gasteiger partial charge in [0.2, 0.25) is 3.79 Å². The molecule has 0 spiro atoms. The van der Waals surface area contributed by atoms with Gasteiger partial charge in [0.15, 0.2) is 0 Å². The molecule has 0 aromatic heterocycles. The van der Waals surface area contributed by atoms with E-state index in [0.717, 1.165) is 25.9 Å². The van der Waals surface area contributed by atoms with Crippen LogP contribution < -0.4 is 0 Å². The Balaban J connectivity index is 2.31. The molecule has 0 saturated carbocycles. The molecule has 0 aliphatic carbocycles. The van der Waals surface area contributed by atoms with Crippen molar-refractivity contribution in [3.63, 3.8) is 0 Å². The Labute approximate surface area is 117 Å². The summed E-state index contributed by atoms with van der Waals surface area (Å²) in [6.07, 6.45) is 1.64. The highest BCUT2D eigenvalue weighted by molar-refractivity contribution is 6.67. The zero-order chi connectivity index (χ0) is 13.1. The standard InChI is InChI=1S/C11H18Cl3NO2/c1-8(2)9-3-5-15(6-4-9)10(16)17-7-11(12,13)14/h8-9H,3-7H2,1-2H3. The summed E-state index contributed by atoms with van der Waals surface area (Å²) in [5, 5.41) is 0. The molecule has 17 heavy (non-hydrogen) atoms. The lowest BCUT2D eigenvalue weighted by atomic mass is 9.87. The van der Waals surface area contributed by atoms with Crippen molar-refractivity contribution in [2.45, 2.75) is 30.5 Å². The van der Waals surface area contributed by atoms with Gasteiger partial charge in [-0.3, -0.25) is 0 Å². The summed E-state index contributed by atoms with van der Waals surface area (Å²) in [6.45, 7) is 5.66. The largest absolute Gasteiger partial charge is 0.445 e. The lowest BCUT2D eigenvalue weighted by Crippen LogP contribution is -2.40. The predicted octanol–water partition coefficient (Wildman–Crippen LogP) is 3.86. The second-order valence-electron chi connectivity index (χ2n) is 4.74. The van der Waals surface area contributed by atoms with Gasteiger partial charge in [0, 0.05) is 13.1 Å². The van der Waals surface area contributed by atoms with Crippen molar-refractivity contribution < 1.29 is 9.53 Å². The molecule has 0 unspecified atom stereocenters. The van der Waals surface area contributed by atoms with Gasteiger partial charge in [-0.1, -0.05) is 48.7 Å². The zero-order valence-corrected chi connectivity index (χ0v) is 12.4. The van der Waals surface area contributed by atoms with Crippen LogP contribution in [0.3, 0.4) is 0 Å². The van der Waals surface area contributed by atoms with E-state index in [1.165, 1.54) is 0 Å². The number of nitrogens with zero attached hydrogens (tertiary/aromatic N) is 1. The molecule has 6 heteroatoms. The molecule has 1 amide bonds. The summed E-state index contributed by atoms with van der Waals surface area (Å²) < 4.78 is 3.40. The third kappa shape index (κ3) is 5.54. The minimum absolute atomic E-state index is 0.208. The highest BCUT2D eigenvalue weighted by Crippen LogP contribution is 2.27. The van der Waals surface area contributed by atoms with E-state index in [-0.39, 0.29) is 6.61 Å². The lowest BCUT2D eigenvalue weighted by molar-refractivity contribution is 0.0840. The highest BCUT2D eigenvalue weighted by atomic mass is 35.6. The maximum absolute atomic E-state index is 11.6. The minimum atomic E-state index is -1.54. The fraction of sp³-hybridized carbons (Fsp3) is 0.909. The average molecular weight is 303 g/mol. The van der Waals surface area contributed by atoms with Crippen molar-refractivity contribution in [2.24, 2.45) is 11.8 Å². The van der Waals surface area contributed by atoms with Crippen LogP contribution in [0.15, 0.2) is 0 Å². The van der Waals surface area contributed by atoms with Gasteiger partial charge in [0.25, 0.3) is 0 Å². The summed E-state index contributed by atoms with van der Waals surface area (Å²) in [4.78, 5) is 13.3. The second kappa shape index (κ2) is 6.35. The number of carbonyl (C=O) groups excluding carboxylic acids is 1. The molecule has 0 radical (unpaired) electrons. The lowest BCUT2D eigenvalue weighted by Gasteiger charge is -2.33. The summed E-state index contributed by atoms with van der Waals surface area (Å²) in [7, 11) is 0. The topological polar surface area (TPSA) is 29.5 Å². The van der Waals surface area contributed by atoms with E-state index in [0.29, 0.717) is 11.8 Å². The van der Waals surface area contributed by atoms with Crippen molar-refractivity contribution in [3.05, 3.63) is 0 Å².